The van der Waals surface area contributed by atoms with Crippen molar-refractivity contribution >= 4 is 634 Å². The molecule has 0 aromatic rings. The van der Waals surface area contributed by atoms with Crippen LogP contribution in [0, 0.1) is 0 Å². The molecule has 0 unspecified atom stereocenters. The van der Waals surface area contributed by atoms with Crippen LogP contribution in [0.4, 0.5) is 0 Å². The summed E-state index contributed by atoms with van der Waals surface area (Å²) in [5, 5.41) is 0. The fourth-order valence-electron chi connectivity index (χ4n) is 0.672. The van der Waals surface area contributed by atoms with E-state index >= 15 is 0 Å². The van der Waals surface area contributed by atoms with Crippen LogP contribution in [0.15, 0.2) is 0 Å². The summed E-state index contributed by atoms with van der Waals surface area (Å²) >= 11 is 78.5. The van der Waals surface area contributed by atoms with E-state index in [4.69, 9.17) is 5.70 Å². The molecule has 49 heavy (non-hydrogen) atoms. The maximum absolute atomic E-state index is 6.37. The Morgan fingerprint density at radius 1 is 0.204 bits per heavy atom. The van der Waals surface area contributed by atoms with Crippen LogP contribution in [0.1, 0.15) is 0 Å². The van der Waals surface area contributed by atoms with Gasteiger partial charge in [0.2, 0.25) is 0 Å². The Balaban J connectivity index is 5.54. The second-order valence-electron chi connectivity index (χ2n) is 3.81. The van der Waals surface area contributed by atoms with Gasteiger partial charge in [-0.2, -0.15) is 0 Å². The Morgan fingerprint density at radius 2 is 0.327 bits per heavy atom. The van der Waals surface area contributed by atoms with Crippen LogP contribution in [0.2, 0.25) is 0 Å². The van der Waals surface area contributed by atoms with Gasteiger partial charge in [0, 0.05) is 0 Å². The quantitative estimate of drug-likeness (QED) is 0.0707. The molecular weight excluding hydrogens is 6100 g/mol. The third kappa shape index (κ3) is 34.9. The van der Waals surface area contributed by atoms with Crippen molar-refractivity contribution in [2.75, 3.05) is 0 Å². The van der Waals surface area contributed by atoms with Crippen LogP contribution in [0.25, 0.3) is 0 Å². The summed E-state index contributed by atoms with van der Waals surface area (Å²) in [4.78, 5) is 0. The fraction of sp³-hybridized carbons (Fsp3) is 0. The summed E-state index contributed by atoms with van der Waals surface area (Å²) in [6, 6.07) is 0. The molecule has 0 aromatic heterocycles. The van der Waals surface area contributed by atoms with E-state index in [0.29, 0.717) is 0 Å². The van der Waals surface area contributed by atoms with E-state index in [1.165, 1.54) is 0 Å². The minimum atomic E-state index is -0.604. The molecule has 2 radical (unpaired) electrons. The predicted molar refractivity (Wildman–Crippen MR) is 665 cm³/mol. The van der Waals surface area contributed by atoms with Crippen molar-refractivity contribution in [3.63, 3.8) is 0 Å². The summed E-state index contributed by atoms with van der Waals surface area (Å²) in [5.74, 6) is 0. The molecule has 0 rings (SSSR count). The van der Waals surface area contributed by atoms with Crippen molar-refractivity contribution in [1.82, 2.24) is 0 Å². The number of halogens is 48. The summed E-state index contributed by atoms with van der Waals surface area (Å²) in [5.41, 5.74) is 6.37. The molecule has 0 aliphatic carbocycles. The van der Waals surface area contributed by atoms with Crippen molar-refractivity contribution in [2.24, 2.45) is 0 Å². The molecular formula is BI48-. The Kier molecular flexibility index (Phi) is 87.0. The summed E-state index contributed by atoms with van der Waals surface area (Å²) in [6.07, 6.45) is 0. The van der Waals surface area contributed by atoms with E-state index in [2.05, 4.69) is 447 Å². The van der Waals surface area contributed by atoms with Gasteiger partial charge in [-0.1, -0.05) is 0 Å². The Bertz CT molecular complexity index is 863. The van der Waals surface area contributed by atoms with Gasteiger partial charge in [0.15, 0.2) is 0 Å². The van der Waals surface area contributed by atoms with Crippen LogP contribution in [-0.4, -0.2) is 5.70 Å². The molecule has 0 N–H and O–H groups in total. The van der Waals surface area contributed by atoms with Crippen molar-refractivity contribution in [3.8, 4) is 0 Å². The Labute approximate surface area is 612 Å². The van der Waals surface area contributed by atoms with E-state index in [1.807, 2.05) is 0 Å². The molecule has 340 valence electrons. The van der Waals surface area contributed by atoms with Crippen LogP contribution >= 0.6 is 628 Å². The molecule has 0 bridgehead atoms. The van der Waals surface area contributed by atoms with Gasteiger partial charge in [0.05, 0.1) is 0 Å². The second kappa shape index (κ2) is 50.7. The number of hydrogen-bond acceptors (Lipinski definition) is 0. The molecule has 0 nitrogen and oxygen atoms in total. The third-order valence-electron chi connectivity index (χ3n) is 1.86. The van der Waals surface area contributed by atoms with Crippen LogP contribution in [-0.2, 0) is 0 Å². The molecule has 0 saturated heterocycles. The van der Waals surface area contributed by atoms with Gasteiger partial charge >= 0.3 is 651 Å². The topological polar surface area (TPSA) is 0 Å². The summed E-state index contributed by atoms with van der Waals surface area (Å²) < 4.78 is 0. The van der Waals surface area contributed by atoms with Gasteiger partial charge < -0.3 is 0 Å². The zero-order valence-corrected chi connectivity index (χ0v) is 122. The first-order valence-corrected chi connectivity index (χ1v) is 304. The van der Waals surface area contributed by atoms with Gasteiger partial charge in [0.1, 0.15) is 0 Å². The van der Waals surface area contributed by atoms with Crippen molar-refractivity contribution in [1.29, 1.82) is 0 Å². The van der Waals surface area contributed by atoms with Crippen molar-refractivity contribution in [2.45, 2.75) is 0 Å². The maximum atomic E-state index is 6.37. The Morgan fingerprint density at radius 3 is 0.449 bits per heavy atom. The number of hydrogen-bond donors (Lipinski definition) is 0. The van der Waals surface area contributed by atoms with Crippen molar-refractivity contribution in [3.05, 3.63) is 0 Å². The first kappa shape index (κ1) is 84.1. The molecule has 0 aliphatic rings. The standard InChI is InChI=1S/BI48/c1-26-28(4)30(6)32(8)34(10)36(12)38(14)40(16)42(18)44(20)46(22)48(24)49(25)47(23)45(21)43(19)41(17)39(15)37(13)35(11)33(9)31(7)29(5)27(2)3/q-1. The molecule has 0 amide bonds. The van der Waals surface area contributed by atoms with Gasteiger partial charge in [-0.15, -0.1) is 0 Å². The molecule has 0 saturated carbocycles. The normalized spacial score (nSPS) is 18.7. The summed E-state index contributed by atoms with van der Waals surface area (Å²) in [7, 11) is -12.7. The number of rotatable bonds is 23. The first-order valence-electron chi connectivity index (χ1n) is 6.93. The minimum absolute atomic E-state index is 0.160. The molecule has 49 heteroatoms. The molecule has 0 aromatic carbocycles. The monoisotopic (exact) mass is 6100 g/mol. The molecule has 0 fully saturated rings. The second-order valence-corrected chi connectivity index (χ2v) is 1130. The van der Waals surface area contributed by atoms with Crippen LogP contribution < -0.4 is 17.0 Å². The average Bonchev–Trinajstić information content (AvgIpc) is 3.10. The molecule has 0 spiro atoms. The van der Waals surface area contributed by atoms with Gasteiger partial charge in [-0.25, -0.2) is 0 Å². The average molecular weight is 6100 g/mol. The third-order valence-corrected chi connectivity index (χ3v) is 3660. The van der Waals surface area contributed by atoms with Gasteiger partial charge in [-0.3, -0.25) is 0 Å². The van der Waals surface area contributed by atoms with Gasteiger partial charge in [0.25, 0.3) is 0 Å². The fourth-order valence-corrected chi connectivity index (χ4v) is 8850. The van der Waals surface area contributed by atoms with Crippen LogP contribution in [0.3, 0.4) is 0 Å². The predicted octanol–water partition coefficient (Wildman–Crippen LogP) is 38.3. The Hall–Kier alpha value is 35.1. The SMILES string of the molecule is [B][I-]I(I)I(I)I(I)I(I)I(I)I(I)I(I)I(I)I(I)I(I)I(I)I(I)I(I)I(I)I(I)I(I)I(I)I(I)I(I)I(I)I(I)I(I)I(I)I. The van der Waals surface area contributed by atoms with E-state index in [1.54, 1.807) is 0 Å². The first-order chi connectivity index (χ1) is 22.3. The van der Waals surface area contributed by atoms with E-state index < -0.39 is 182 Å². The van der Waals surface area contributed by atoms with E-state index in [9.17, 15) is 0 Å². The zero-order chi connectivity index (χ0) is 39.0. The van der Waals surface area contributed by atoms with E-state index in [0.717, 1.165) is 0 Å². The summed E-state index contributed by atoms with van der Waals surface area (Å²) in [6.45, 7) is 0. The van der Waals surface area contributed by atoms with Gasteiger partial charge in [-0.05, 0) is 0 Å². The molecule has 0 atom stereocenters. The van der Waals surface area contributed by atoms with Crippen LogP contribution in [0.5, 0.6) is 0 Å². The molecule has 0 heterocycles. The van der Waals surface area contributed by atoms with E-state index in [-0.39, 0.29) is 17.0 Å². The molecule has 0 aliphatic heterocycles. The van der Waals surface area contributed by atoms with Crippen molar-refractivity contribution < 1.29 is 17.0 Å². The zero-order valence-electron chi connectivity index (χ0n) is 18.7.